The summed E-state index contributed by atoms with van der Waals surface area (Å²) in [4.78, 5) is 9.17. The Morgan fingerprint density at radius 2 is 2.11 bits per heavy atom. The van der Waals surface area contributed by atoms with Crippen LogP contribution in [0.25, 0.3) is 5.82 Å². The molecule has 0 radical (unpaired) electrons. The normalized spacial score (nSPS) is 14.4. The van der Waals surface area contributed by atoms with E-state index in [9.17, 15) is 0 Å². The number of aromatic nitrogens is 3. The highest BCUT2D eigenvalue weighted by atomic mass is 15.1. The minimum atomic E-state index is 0.857. The zero-order valence-electron chi connectivity index (χ0n) is 11.6. The average molecular weight is 256 g/mol. The molecule has 0 aliphatic heterocycles. The van der Waals surface area contributed by atoms with E-state index in [4.69, 9.17) is 0 Å². The monoisotopic (exact) mass is 256 g/mol. The van der Waals surface area contributed by atoms with Crippen LogP contribution in [-0.2, 0) is 19.4 Å². The molecule has 0 aromatic carbocycles. The summed E-state index contributed by atoms with van der Waals surface area (Å²) in [7, 11) is 1.95. The first-order valence-corrected chi connectivity index (χ1v) is 6.95. The van der Waals surface area contributed by atoms with Gasteiger partial charge in [-0.2, -0.15) is 0 Å². The molecular formula is C15H20N4. The Labute approximate surface area is 113 Å². The second-order valence-electron chi connectivity index (χ2n) is 5.23. The molecule has 1 N–H and O–H groups in total. The van der Waals surface area contributed by atoms with E-state index in [0.717, 1.165) is 25.2 Å². The lowest BCUT2D eigenvalue weighted by atomic mass is 10.0. The van der Waals surface area contributed by atoms with Gasteiger partial charge in [0.25, 0.3) is 0 Å². The third-order valence-corrected chi connectivity index (χ3v) is 3.75. The van der Waals surface area contributed by atoms with Crippen LogP contribution in [0.5, 0.6) is 0 Å². The number of imidazole rings is 1. The Hall–Kier alpha value is -1.68. The zero-order valence-corrected chi connectivity index (χ0v) is 11.6. The van der Waals surface area contributed by atoms with Crippen molar-refractivity contribution in [1.29, 1.82) is 0 Å². The third-order valence-electron chi connectivity index (χ3n) is 3.75. The van der Waals surface area contributed by atoms with Gasteiger partial charge in [-0.25, -0.2) is 9.97 Å². The molecule has 2 heterocycles. The molecule has 4 heteroatoms. The molecule has 1 aliphatic rings. The van der Waals surface area contributed by atoms with Crippen molar-refractivity contribution >= 4 is 0 Å². The summed E-state index contributed by atoms with van der Waals surface area (Å²) >= 11 is 0. The fraction of sp³-hybridized carbons (Fsp3) is 0.467. The van der Waals surface area contributed by atoms with Gasteiger partial charge in [0, 0.05) is 18.4 Å². The van der Waals surface area contributed by atoms with Crippen LogP contribution in [0, 0.1) is 6.92 Å². The van der Waals surface area contributed by atoms with Crippen LogP contribution in [0.15, 0.2) is 18.6 Å². The molecule has 4 nitrogen and oxygen atoms in total. The van der Waals surface area contributed by atoms with E-state index in [1.807, 2.05) is 19.6 Å². The predicted molar refractivity (Wildman–Crippen MR) is 75.5 cm³/mol. The van der Waals surface area contributed by atoms with Gasteiger partial charge in [-0.15, -0.1) is 0 Å². The lowest BCUT2D eigenvalue weighted by Gasteiger charge is -2.15. The molecule has 0 saturated carbocycles. The van der Waals surface area contributed by atoms with Gasteiger partial charge < -0.3 is 5.32 Å². The maximum atomic E-state index is 4.63. The highest BCUT2D eigenvalue weighted by molar-refractivity contribution is 5.38. The molecule has 0 amide bonds. The van der Waals surface area contributed by atoms with E-state index < -0.39 is 0 Å². The second-order valence-corrected chi connectivity index (χ2v) is 5.23. The molecule has 100 valence electrons. The summed E-state index contributed by atoms with van der Waals surface area (Å²) in [5, 5.41) is 3.16. The lowest BCUT2D eigenvalue weighted by molar-refractivity contribution is 0.653. The van der Waals surface area contributed by atoms with Crippen LogP contribution in [0.1, 0.15) is 35.4 Å². The van der Waals surface area contributed by atoms with E-state index in [-0.39, 0.29) is 0 Å². The summed E-state index contributed by atoms with van der Waals surface area (Å²) in [6.07, 6.45) is 8.64. The van der Waals surface area contributed by atoms with Crippen molar-refractivity contribution in [3.05, 3.63) is 41.1 Å². The van der Waals surface area contributed by atoms with Gasteiger partial charge in [-0.1, -0.05) is 0 Å². The highest BCUT2D eigenvalue weighted by Gasteiger charge is 2.17. The van der Waals surface area contributed by atoms with Crippen molar-refractivity contribution in [2.45, 2.75) is 39.2 Å². The minimum absolute atomic E-state index is 0.857. The van der Waals surface area contributed by atoms with Crippen LogP contribution in [-0.4, -0.2) is 21.6 Å². The van der Waals surface area contributed by atoms with Crippen LogP contribution < -0.4 is 5.32 Å². The molecule has 0 saturated heterocycles. The smallest absolute Gasteiger partial charge is 0.140 e. The van der Waals surface area contributed by atoms with Crippen LogP contribution in [0.2, 0.25) is 0 Å². The Morgan fingerprint density at radius 3 is 2.89 bits per heavy atom. The fourth-order valence-corrected chi connectivity index (χ4v) is 2.83. The first-order chi connectivity index (χ1) is 9.29. The number of hydrogen-bond acceptors (Lipinski definition) is 3. The molecule has 0 bridgehead atoms. The van der Waals surface area contributed by atoms with Crippen molar-refractivity contribution in [3.8, 4) is 5.82 Å². The number of rotatable bonds is 3. The molecule has 2 aromatic rings. The van der Waals surface area contributed by atoms with Gasteiger partial charge >= 0.3 is 0 Å². The largest absolute Gasteiger partial charge is 0.316 e. The van der Waals surface area contributed by atoms with Gasteiger partial charge in [0.15, 0.2) is 0 Å². The number of nitrogens with one attached hydrogen (secondary N) is 1. The standard InChI is InChI=1S/C15H20N4/c1-11-7-12(8-16-2)9-17-15(11)19-10-18-13-5-3-4-6-14(13)19/h7,9-10,16H,3-6,8H2,1-2H3. The third kappa shape index (κ3) is 2.28. The number of aryl methyl sites for hydroxylation is 2. The Balaban J connectivity index is 2.00. The molecule has 0 atom stereocenters. The molecule has 2 aromatic heterocycles. The molecule has 0 fully saturated rings. The summed E-state index contributed by atoms with van der Waals surface area (Å²) in [5.74, 6) is 1.02. The molecule has 0 spiro atoms. The van der Waals surface area contributed by atoms with E-state index in [1.165, 1.54) is 35.4 Å². The van der Waals surface area contributed by atoms with Crippen LogP contribution >= 0.6 is 0 Å². The van der Waals surface area contributed by atoms with E-state index >= 15 is 0 Å². The van der Waals surface area contributed by atoms with Crippen LogP contribution in [0.3, 0.4) is 0 Å². The van der Waals surface area contributed by atoms with E-state index in [1.54, 1.807) is 0 Å². The Kier molecular flexibility index (Phi) is 3.34. The number of fused-ring (bicyclic) bond motifs is 1. The number of hydrogen-bond donors (Lipinski definition) is 1. The van der Waals surface area contributed by atoms with Crippen molar-refractivity contribution in [2.75, 3.05) is 7.05 Å². The highest BCUT2D eigenvalue weighted by Crippen LogP contribution is 2.23. The van der Waals surface area contributed by atoms with Crippen molar-refractivity contribution < 1.29 is 0 Å². The predicted octanol–water partition coefficient (Wildman–Crippen LogP) is 2.17. The fourth-order valence-electron chi connectivity index (χ4n) is 2.83. The Bertz CT molecular complexity index is 586. The van der Waals surface area contributed by atoms with Gasteiger partial charge in [0.1, 0.15) is 12.1 Å². The summed E-state index contributed by atoms with van der Waals surface area (Å²) in [5.41, 5.74) is 5.03. The van der Waals surface area contributed by atoms with E-state index in [0.29, 0.717) is 0 Å². The first kappa shape index (κ1) is 12.4. The maximum Gasteiger partial charge on any atom is 0.140 e. The summed E-state index contributed by atoms with van der Waals surface area (Å²) < 4.78 is 2.17. The van der Waals surface area contributed by atoms with Gasteiger partial charge in [0.05, 0.1) is 5.69 Å². The number of nitrogens with zero attached hydrogens (tertiary/aromatic N) is 3. The van der Waals surface area contributed by atoms with Gasteiger partial charge in [-0.3, -0.25) is 4.57 Å². The van der Waals surface area contributed by atoms with Crippen molar-refractivity contribution in [1.82, 2.24) is 19.9 Å². The molecule has 3 rings (SSSR count). The first-order valence-electron chi connectivity index (χ1n) is 6.95. The molecule has 0 unspecified atom stereocenters. The average Bonchev–Trinajstić information content (AvgIpc) is 2.83. The van der Waals surface area contributed by atoms with Gasteiger partial charge in [0.2, 0.25) is 0 Å². The van der Waals surface area contributed by atoms with Gasteiger partial charge in [-0.05, 0) is 56.8 Å². The minimum Gasteiger partial charge on any atom is -0.316 e. The van der Waals surface area contributed by atoms with E-state index in [2.05, 4.69) is 32.8 Å². The zero-order chi connectivity index (χ0) is 13.2. The van der Waals surface area contributed by atoms with Crippen molar-refractivity contribution in [3.63, 3.8) is 0 Å². The SMILES string of the molecule is CNCc1cnc(-n2cnc3c2CCCC3)c(C)c1. The quantitative estimate of drug-likeness (QED) is 0.915. The molecule has 19 heavy (non-hydrogen) atoms. The molecule has 1 aliphatic carbocycles. The summed E-state index contributed by atoms with van der Waals surface area (Å²) in [6.45, 7) is 2.98. The summed E-state index contributed by atoms with van der Waals surface area (Å²) in [6, 6.07) is 2.20. The second kappa shape index (κ2) is 5.13. The molecular weight excluding hydrogens is 236 g/mol. The number of pyridine rings is 1. The maximum absolute atomic E-state index is 4.63. The van der Waals surface area contributed by atoms with Crippen molar-refractivity contribution in [2.24, 2.45) is 0 Å². The lowest BCUT2D eigenvalue weighted by Crippen LogP contribution is -2.10. The Morgan fingerprint density at radius 1 is 1.26 bits per heavy atom. The van der Waals surface area contributed by atoms with Crippen LogP contribution in [0.4, 0.5) is 0 Å². The topological polar surface area (TPSA) is 42.7 Å².